The van der Waals surface area contributed by atoms with Gasteiger partial charge in [0, 0.05) is 45.3 Å². The van der Waals surface area contributed by atoms with Gasteiger partial charge in [0.1, 0.15) is 48.7 Å². The number of carbonyl (C=O) groups excluding carboxylic acids is 5. The number of carboxylic acids is 2. The number of carboxylic acid groups (broad SMARTS) is 2. The lowest BCUT2D eigenvalue weighted by atomic mass is 9.83. The number of imide groups is 1. The van der Waals surface area contributed by atoms with E-state index in [9.17, 15) is 48.1 Å². The number of esters is 1. The van der Waals surface area contributed by atoms with Crippen LogP contribution in [0, 0.1) is 5.41 Å². The second kappa shape index (κ2) is 25.7. The molecule has 0 spiro atoms. The quantitative estimate of drug-likeness (QED) is 0.0238. The van der Waals surface area contributed by atoms with Gasteiger partial charge in [-0.3, -0.25) is 47.5 Å². The molecule has 2 amide bonds. The Morgan fingerprint density at radius 2 is 1.50 bits per heavy atom. The lowest BCUT2D eigenvalue weighted by molar-refractivity contribution is -0.890. The molecule has 1 fully saturated rings. The van der Waals surface area contributed by atoms with Gasteiger partial charge < -0.3 is 39.5 Å². The number of hydrogen-bond acceptors (Lipinski definition) is 15. The van der Waals surface area contributed by atoms with Crippen LogP contribution < -0.4 is 5.73 Å². The highest BCUT2D eigenvalue weighted by molar-refractivity contribution is 8.02. The van der Waals surface area contributed by atoms with Crippen LogP contribution in [0.15, 0.2) is 0 Å². The smallest absolute Gasteiger partial charge is 0.472 e. The number of amides is 2. The third-order valence-electron chi connectivity index (χ3n) is 9.38. The van der Waals surface area contributed by atoms with Crippen LogP contribution in [0.1, 0.15) is 91.9 Å². The van der Waals surface area contributed by atoms with Gasteiger partial charge in [-0.15, -0.1) is 11.8 Å². The second-order valence-electron chi connectivity index (χ2n) is 15.7. The molecule has 0 saturated carbocycles. The number of quaternary nitrogens is 1. The predicted molar refractivity (Wildman–Crippen MR) is 212 cm³/mol. The molecule has 0 aliphatic carbocycles. The van der Waals surface area contributed by atoms with E-state index in [1.54, 1.807) is 14.1 Å². The molecule has 0 aromatic heterocycles. The minimum Gasteiger partial charge on any atom is -0.481 e. The Morgan fingerprint density at radius 1 is 0.879 bits per heavy atom. The summed E-state index contributed by atoms with van der Waals surface area (Å²) in [5, 5.41) is 17.7. The number of unbranched alkanes of at least 4 members (excludes halogenated alkanes) is 2. The van der Waals surface area contributed by atoms with Gasteiger partial charge in [-0.1, -0.05) is 13.3 Å². The number of phosphoric ester groups is 1. The van der Waals surface area contributed by atoms with Crippen molar-refractivity contribution in [1.82, 2.24) is 4.90 Å². The molecule has 0 aromatic rings. The van der Waals surface area contributed by atoms with Crippen LogP contribution >= 0.6 is 19.6 Å². The summed E-state index contributed by atoms with van der Waals surface area (Å²) in [6, 6.07) is -1.51. The van der Waals surface area contributed by atoms with E-state index in [-0.39, 0.29) is 61.7 Å². The molecule has 4 atom stereocenters. The van der Waals surface area contributed by atoms with Crippen molar-refractivity contribution in [3.8, 4) is 0 Å². The number of nitrogens with two attached hydrogens (primary N) is 1. The Labute approximate surface area is 345 Å². The maximum absolute atomic E-state index is 13.6. The van der Waals surface area contributed by atoms with E-state index in [1.165, 1.54) is 20.8 Å². The summed E-state index contributed by atoms with van der Waals surface area (Å²) in [5.74, 6) is -4.00. The topological polar surface area (TPSA) is 273 Å². The molecule has 334 valence electrons. The van der Waals surface area contributed by atoms with Crippen molar-refractivity contribution in [3.63, 3.8) is 0 Å². The summed E-state index contributed by atoms with van der Waals surface area (Å²) in [7, 11) is -1.12. The summed E-state index contributed by atoms with van der Waals surface area (Å²) in [6.07, 6.45) is 3.51. The molecule has 5 N–H and O–H groups in total. The number of Topliss-reactive ketones (excluding diaryl/α,β-unsaturated/α-hetero) is 2. The fourth-order valence-corrected chi connectivity index (χ4v) is 8.08. The summed E-state index contributed by atoms with van der Waals surface area (Å²) >= 11 is 0.903. The molecule has 1 aliphatic heterocycles. The van der Waals surface area contributed by atoms with E-state index in [0.717, 1.165) is 16.7 Å². The van der Waals surface area contributed by atoms with Crippen LogP contribution in [0.3, 0.4) is 0 Å². The molecule has 0 bridgehead atoms. The number of hydrogen-bond donors (Lipinski definition) is 4. The number of rotatable bonds is 34. The summed E-state index contributed by atoms with van der Waals surface area (Å²) in [4.78, 5) is 97.4. The van der Waals surface area contributed by atoms with Crippen LogP contribution in [0.25, 0.3) is 0 Å². The number of ketones is 2. The van der Waals surface area contributed by atoms with Gasteiger partial charge in [0.2, 0.25) is 11.8 Å². The van der Waals surface area contributed by atoms with Crippen molar-refractivity contribution in [3.05, 3.63) is 0 Å². The Hall–Kier alpha value is -2.81. The largest absolute Gasteiger partial charge is 0.481 e. The minimum absolute atomic E-state index is 0.0932. The SMILES string of the molecule is CCC(=O)CCOCCOCCCC(=O)CCCCCN1C(=O)CC(SC(C)(CC(C)(C)C(=O)O)C(=O)OCC[N+](C)(C)CCOP(=O)(O)OCC(N)C(=O)O)C1=O. The first kappa shape index (κ1) is 53.2. The standard InChI is InChI=1S/C37H64N3O16PS/c1-7-27(41)14-19-53-23-22-52-18-11-13-28(42)12-9-8-10-15-39-31(43)24-30(32(39)44)58-37(4,26-36(2,3)34(47)48)35(49)54-20-16-40(5,6)17-21-55-57(50,51)56-25-29(38)33(45)46/h29-30H,7-26,38H2,1-6H3,(H2-,45,46,47,48,50,51)/p+1. The number of aliphatic carboxylic acids is 2. The molecule has 19 nitrogen and oxygen atoms in total. The normalized spacial score (nSPS) is 17.4. The van der Waals surface area contributed by atoms with Crippen molar-refractivity contribution < 1.29 is 81.0 Å². The Kier molecular flexibility index (Phi) is 23.6. The van der Waals surface area contributed by atoms with E-state index in [4.69, 9.17) is 29.6 Å². The fraction of sp³-hybridized carbons (Fsp3) is 0.811. The Balaban J connectivity index is 2.61. The van der Waals surface area contributed by atoms with Gasteiger partial charge >= 0.3 is 25.7 Å². The summed E-state index contributed by atoms with van der Waals surface area (Å²) in [5.41, 5.74) is 3.87. The van der Waals surface area contributed by atoms with E-state index in [2.05, 4.69) is 4.52 Å². The Bertz CT molecular complexity index is 1450. The van der Waals surface area contributed by atoms with Crippen molar-refractivity contribution in [2.24, 2.45) is 11.1 Å². The molecule has 1 saturated heterocycles. The first-order valence-corrected chi connectivity index (χ1v) is 21.9. The van der Waals surface area contributed by atoms with Crippen LogP contribution in [-0.4, -0.2) is 162 Å². The molecule has 1 aliphatic rings. The monoisotopic (exact) mass is 870 g/mol. The molecular formula is C37H65N3O16PS+. The Morgan fingerprint density at radius 3 is 2.12 bits per heavy atom. The lowest BCUT2D eigenvalue weighted by Crippen LogP contribution is -2.47. The number of likely N-dealkylation sites (tertiary alicyclic amines) is 1. The van der Waals surface area contributed by atoms with E-state index in [1.807, 2.05) is 6.92 Å². The van der Waals surface area contributed by atoms with E-state index >= 15 is 0 Å². The molecule has 1 rings (SSSR count). The molecule has 21 heteroatoms. The molecule has 4 unspecified atom stereocenters. The van der Waals surface area contributed by atoms with Gasteiger partial charge in [-0.2, -0.15) is 0 Å². The maximum atomic E-state index is 13.6. The van der Waals surface area contributed by atoms with Gasteiger partial charge in [-0.25, -0.2) is 4.57 Å². The van der Waals surface area contributed by atoms with Gasteiger partial charge in [0.05, 0.1) is 51.2 Å². The van der Waals surface area contributed by atoms with E-state index < -0.39 is 65.6 Å². The average Bonchev–Trinajstić information content (AvgIpc) is 3.38. The predicted octanol–water partition coefficient (Wildman–Crippen LogP) is 2.58. The van der Waals surface area contributed by atoms with Gasteiger partial charge in [0.25, 0.3) is 0 Å². The first-order chi connectivity index (χ1) is 26.9. The van der Waals surface area contributed by atoms with Crippen molar-refractivity contribution >= 4 is 60.9 Å². The minimum atomic E-state index is -4.59. The van der Waals surface area contributed by atoms with Crippen LogP contribution in [0.4, 0.5) is 0 Å². The highest BCUT2D eigenvalue weighted by atomic mass is 32.2. The summed E-state index contributed by atoms with van der Waals surface area (Å²) in [6.45, 7) is 7.11. The average molecular weight is 871 g/mol. The van der Waals surface area contributed by atoms with Crippen molar-refractivity contribution in [2.45, 2.75) is 108 Å². The third-order valence-corrected chi connectivity index (χ3v) is 11.9. The van der Waals surface area contributed by atoms with Crippen LogP contribution in [0.5, 0.6) is 0 Å². The molecule has 1 heterocycles. The second-order valence-corrected chi connectivity index (χ2v) is 18.8. The van der Waals surface area contributed by atoms with Crippen molar-refractivity contribution in [2.75, 3.05) is 80.0 Å². The highest BCUT2D eigenvalue weighted by Gasteiger charge is 2.49. The van der Waals surface area contributed by atoms with Gasteiger partial charge in [-0.05, 0) is 46.5 Å². The summed E-state index contributed by atoms with van der Waals surface area (Å²) < 4.78 is 36.6. The zero-order chi connectivity index (χ0) is 44.2. The molecule has 0 aromatic carbocycles. The molecular weight excluding hydrogens is 805 g/mol. The third kappa shape index (κ3) is 20.9. The number of ether oxygens (including phenoxy) is 3. The number of nitrogens with zero attached hydrogens (tertiary/aromatic N) is 2. The number of phosphoric acid groups is 1. The molecule has 0 radical (unpaired) electrons. The van der Waals surface area contributed by atoms with Crippen LogP contribution in [-0.2, 0) is 61.4 Å². The van der Waals surface area contributed by atoms with Gasteiger partial charge in [0.15, 0.2) is 0 Å². The zero-order valence-corrected chi connectivity index (χ0v) is 36.5. The first-order valence-electron chi connectivity index (χ1n) is 19.5. The van der Waals surface area contributed by atoms with E-state index in [0.29, 0.717) is 77.8 Å². The molecule has 58 heavy (non-hydrogen) atoms. The van der Waals surface area contributed by atoms with Crippen molar-refractivity contribution in [1.29, 1.82) is 0 Å². The van der Waals surface area contributed by atoms with Crippen LogP contribution in [0.2, 0.25) is 0 Å². The highest BCUT2D eigenvalue weighted by Crippen LogP contribution is 2.44. The number of thioether (sulfide) groups is 1. The zero-order valence-electron chi connectivity index (χ0n) is 34.8. The lowest BCUT2D eigenvalue weighted by Gasteiger charge is -2.35. The number of carbonyl (C=O) groups is 7. The maximum Gasteiger partial charge on any atom is 0.472 e. The fourth-order valence-electron chi connectivity index (χ4n) is 5.66. The number of likely N-dealkylation sites (N-methyl/N-ethyl adjacent to an activating group) is 1.